The predicted octanol–water partition coefficient (Wildman–Crippen LogP) is 2.28. The lowest BCUT2D eigenvalue weighted by molar-refractivity contribution is -0.116. The van der Waals surface area contributed by atoms with E-state index in [0.717, 1.165) is 18.3 Å². The van der Waals surface area contributed by atoms with Gasteiger partial charge in [0.15, 0.2) is 0 Å². The second-order valence-electron chi connectivity index (χ2n) is 8.63. The van der Waals surface area contributed by atoms with Crippen LogP contribution < -0.4 is 11.1 Å². The molecule has 0 atom stereocenters. The van der Waals surface area contributed by atoms with Crippen LogP contribution in [-0.2, 0) is 25.3 Å². The number of nitrogens with one attached hydrogen (secondary N) is 2. The molecule has 0 aromatic heterocycles. The van der Waals surface area contributed by atoms with E-state index in [-0.39, 0.29) is 62.3 Å². The Bertz CT molecular complexity index is 1240. The number of hydrogen-bond donors (Lipinski definition) is 4. The number of carbonyl (C=O) groups is 1. The summed E-state index contributed by atoms with van der Waals surface area (Å²) in [6.45, 7) is 0.565. The van der Waals surface area contributed by atoms with Crippen molar-refractivity contribution < 1.29 is 31.8 Å². The van der Waals surface area contributed by atoms with Crippen molar-refractivity contribution in [2.45, 2.75) is 18.6 Å². The van der Waals surface area contributed by atoms with Crippen molar-refractivity contribution in [3.8, 4) is 0 Å². The van der Waals surface area contributed by atoms with Crippen molar-refractivity contribution in [2.24, 2.45) is 0 Å². The maximum atomic E-state index is 13.6. The molecule has 38 heavy (non-hydrogen) atoms. The molecule has 206 valence electrons. The Kier molecular flexibility index (Phi) is 10.2. The molecule has 1 heterocycles. The smallest absolute Gasteiger partial charge is 0.293 e. The molecule has 13 heteroatoms. The lowest BCUT2D eigenvalue weighted by Crippen LogP contribution is -2.49. The van der Waals surface area contributed by atoms with E-state index in [1.165, 1.54) is 4.31 Å². The van der Waals surface area contributed by atoms with E-state index in [2.05, 4.69) is 5.32 Å². The molecule has 0 saturated carbocycles. The van der Waals surface area contributed by atoms with Crippen LogP contribution in [0.25, 0.3) is 0 Å². The summed E-state index contributed by atoms with van der Waals surface area (Å²) in [4.78, 5) is 14.7. The zero-order chi connectivity index (χ0) is 27.7. The molecule has 2 aromatic carbocycles. The summed E-state index contributed by atoms with van der Waals surface area (Å²) in [7, 11) is -3.62. The van der Waals surface area contributed by atoms with Crippen molar-refractivity contribution >= 4 is 33.5 Å². The maximum Gasteiger partial charge on any atom is 0.293 e. The van der Waals surface area contributed by atoms with Crippen molar-refractivity contribution in [1.29, 1.82) is 5.41 Å². The number of rotatable bonds is 12. The number of ether oxygens (including phenoxy) is 1. The van der Waals surface area contributed by atoms with Gasteiger partial charge in [0.1, 0.15) is 17.3 Å². The lowest BCUT2D eigenvalue weighted by Gasteiger charge is -2.36. The number of halogens is 2. The van der Waals surface area contributed by atoms with Gasteiger partial charge in [-0.15, -0.1) is 0 Å². The van der Waals surface area contributed by atoms with Crippen molar-refractivity contribution in [2.75, 3.05) is 50.4 Å². The number of nitrogens with two attached hydrogens (primary N) is 1. The summed E-state index contributed by atoms with van der Waals surface area (Å²) < 4.78 is 60.1. The molecule has 0 aliphatic carbocycles. The fourth-order valence-electron chi connectivity index (χ4n) is 3.88. The van der Waals surface area contributed by atoms with Crippen molar-refractivity contribution in [3.05, 3.63) is 71.1 Å². The van der Waals surface area contributed by atoms with Gasteiger partial charge in [-0.3, -0.25) is 4.79 Å². The second kappa shape index (κ2) is 13.3. The number of anilines is 2. The number of allylic oxidation sites excluding steroid dienone is 1. The number of aliphatic hydroxyl groups excluding tert-OH is 1. The van der Waals surface area contributed by atoms with Crippen LogP contribution in [0.15, 0.2) is 53.9 Å². The summed E-state index contributed by atoms with van der Waals surface area (Å²) in [5.74, 6) is -3.01. The zero-order valence-corrected chi connectivity index (χ0v) is 21.5. The van der Waals surface area contributed by atoms with Gasteiger partial charge in [-0.1, -0.05) is 12.1 Å². The van der Waals surface area contributed by atoms with E-state index in [1.807, 2.05) is 0 Å². The molecule has 2 aromatic rings. The summed E-state index contributed by atoms with van der Waals surface area (Å²) in [6, 6.07) is 9.13. The number of hydrogen-bond acceptors (Lipinski definition) is 8. The predicted molar refractivity (Wildman–Crippen MR) is 140 cm³/mol. The minimum Gasteiger partial charge on any atom is -0.486 e. The quantitative estimate of drug-likeness (QED) is 0.104. The highest BCUT2D eigenvalue weighted by molar-refractivity contribution is 7.88. The summed E-state index contributed by atoms with van der Waals surface area (Å²) in [5, 5.41) is 19.3. The van der Waals surface area contributed by atoms with Gasteiger partial charge >= 0.3 is 0 Å². The highest BCUT2D eigenvalue weighted by Gasteiger charge is 2.30. The average Bonchev–Trinajstić information content (AvgIpc) is 2.86. The zero-order valence-electron chi connectivity index (χ0n) is 20.7. The summed E-state index contributed by atoms with van der Waals surface area (Å²) >= 11 is 0. The number of carbonyl (C=O) groups excluding carboxylic acids is 1. The average molecular weight is 552 g/mol. The third-order valence-corrected chi connectivity index (χ3v) is 7.65. The Hall–Kier alpha value is -3.55. The lowest BCUT2D eigenvalue weighted by atomic mass is 10.2. The Morgan fingerprint density at radius 1 is 1.08 bits per heavy atom. The van der Waals surface area contributed by atoms with E-state index in [0.29, 0.717) is 30.2 Å². The van der Waals surface area contributed by atoms with Crippen LogP contribution in [0.5, 0.6) is 0 Å². The van der Waals surface area contributed by atoms with Gasteiger partial charge in [0, 0.05) is 56.4 Å². The van der Waals surface area contributed by atoms with Gasteiger partial charge in [0.25, 0.3) is 5.91 Å². The number of aliphatic hydroxyl groups is 1. The van der Waals surface area contributed by atoms with E-state index >= 15 is 0 Å². The molecule has 1 aliphatic heterocycles. The molecule has 1 fully saturated rings. The first kappa shape index (κ1) is 29.0. The Morgan fingerprint density at radius 2 is 1.71 bits per heavy atom. The third kappa shape index (κ3) is 7.97. The van der Waals surface area contributed by atoms with Crippen molar-refractivity contribution in [3.63, 3.8) is 0 Å². The molecule has 1 amide bonds. The van der Waals surface area contributed by atoms with E-state index in [9.17, 15) is 22.0 Å². The van der Waals surface area contributed by atoms with Gasteiger partial charge in [0.05, 0.1) is 12.4 Å². The van der Waals surface area contributed by atoms with E-state index < -0.39 is 27.6 Å². The van der Waals surface area contributed by atoms with Gasteiger partial charge in [-0.25, -0.2) is 17.2 Å². The standard InChI is InChI=1S/C25H31F2N5O5S/c26-19-13-20(27)15-22(14-19)30-25(34)24(37-12-2-1-11-33)23(16-28)31-7-9-32(10-8-31)38(35,36)17-18-3-5-21(29)6-4-18/h3-6,13-16,28,33H,1-2,7-12,17,29H2,(H,30,34)/b24-23-,28-16?. The monoisotopic (exact) mass is 551 g/mol. The topological polar surface area (TPSA) is 149 Å². The fourth-order valence-corrected chi connectivity index (χ4v) is 5.40. The fraction of sp³-hybridized carbons (Fsp3) is 0.360. The van der Waals surface area contributed by atoms with Crippen molar-refractivity contribution in [1.82, 2.24) is 9.21 Å². The van der Waals surface area contributed by atoms with Crippen LogP contribution in [0.3, 0.4) is 0 Å². The number of nitrogen functional groups attached to an aromatic ring is 1. The Labute approximate surface area is 220 Å². The van der Waals surface area contributed by atoms with Crippen LogP contribution in [0.1, 0.15) is 18.4 Å². The maximum absolute atomic E-state index is 13.6. The van der Waals surface area contributed by atoms with Gasteiger partial charge < -0.3 is 31.2 Å². The molecular formula is C25H31F2N5O5S. The largest absolute Gasteiger partial charge is 0.486 e. The van der Waals surface area contributed by atoms with Crippen LogP contribution in [0, 0.1) is 17.0 Å². The Balaban J connectivity index is 1.76. The molecule has 10 nitrogen and oxygen atoms in total. The van der Waals surface area contributed by atoms with Crippen LogP contribution >= 0.6 is 0 Å². The number of unbranched alkanes of at least 4 members (excludes halogenated alkanes) is 1. The number of benzene rings is 2. The minimum atomic E-state index is -3.62. The van der Waals surface area contributed by atoms with Crippen LogP contribution in [0.2, 0.25) is 0 Å². The normalized spacial score (nSPS) is 15.1. The molecule has 1 saturated heterocycles. The first-order valence-corrected chi connectivity index (χ1v) is 13.6. The van der Waals surface area contributed by atoms with E-state index in [1.54, 1.807) is 29.2 Å². The highest BCUT2D eigenvalue weighted by Crippen LogP contribution is 2.21. The second-order valence-corrected chi connectivity index (χ2v) is 10.6. The molecule has 1 aliphatic rings. The molecule has 0 bridgehead atoms. The molecular weight excluding hydrogens is 520 g/mol. The SMILES string of the molecule is N=C/C(=C(/OCCCCO)C(=O)Nc1cc(F)cc(F)c1)N1CCN(S(=O)(=O)Cc2ccc(N)cc2)CC1. The summed E-state index contributed by atoms with van der Waals surface area (Å²) in [6.07, 6.45) is 1.77. The molecule has 0 spiro atoms. The van der Waals surface area contributed by atoms with Gasteiger partial charge in [0.2, 0.25) is 15.8 Å². The molecule has 5 N–H and O–H groups in total. The van der Waals surface area contributed by atoms with Crippen LogP contribution in [0.4, 0.5) is 20.2 Å². The molecule has 0 radical (unpaired) electrons. The third-order valence-electron chi connectivity index (χ3n) is 5.80. The summed E-state index contributed by atoms with van der Waals surface area (Å²) in [5.41, 5.74) is 6.77. The number of piperazine rings is 1. The molecule has 3 rings (SSSR count). The van der Waals surface area contributed by atoms with Crippen LogP contribution in [-0.4, -0.2) is 74.2 Å². The van der Waals surface area contributed by atoms with Gasteiger partial charge in [-0.2, -0.15) is 4.31 Å². The highest BCUT2D eigenvalue weighted by atomic mass is 32.2. The first-order chi connectivity index (χ1) is 18.1. The number of nitrogens with zero attached hydrogens (tertiary/aromatic N) is 2. The number of sulfonamides is 1. The Morgan fingerprint density at radius 3 is 2.29 bits per heavy atom. The number of amides is 1. The van der Waals surface area contributed by atoms with E-state index in [4.69, 9.17) is 21.0 Å². The minimum absolute atomic E-state index is 0.0497. The first-order valence-electron chi connectivity index (χ1n) is 12.0. The van der Waals surface area contributed by atoms with Gasteiger partial charge in [-0.05, 0) is 42.7 Å². The molecule has 0 unspecified atom stereocenters.